The second-order valence-electron chi connectivity index (χ2n) is 2.98. The molecule has 0 radical (unpaired) electrons. The number of hydrogen-bond acceptors (Lipinski definition) is 4. The second kappa shape index (κ2) is 10.1. The fourth-order valence-electron chi connectivity index (χ4n) is 0.918. The number of carbonyl (C=O) groups excluding carboxylic acids is 2. The van der Waals surface area contributed by atoms with Crippen LogP contribution in [0.3, 0.4) is 0 Å². The number of alkyl halides is 1. The summed E-state index contributed by atoms with van der Waals surface area (Å²) < 4.78 is 10.3. The molecule has 17 heavy (non-hydrogen) atoms. The first-order valence-electron chi connectivity index (χ1n) is 5.03. The van der Waals surface area contributed by atoms with E-state index < -0.39 is 18.1 Å². The summed E-state index contributed by atoms with van der Waals surface area (Å²) in [5.41, 5.74) is 0. The normalized spacial score (nSPS) is 11.1. The van der Waals surface area contributed by atoms with Gasteiger partial charge in [-0.1, -0.05) is 47.9 Å². The zero-order chi connectivity index (χ0) is 13.1. The van der Waals surface area contributed by atoms with Gasteiger partial charge in [-0.25, -0.2) is 9.59 Å². The summed E-state index contributed by atoms with van der Waals surface area (Å²) in [6.45, 7) is 7.08. The van der Waals surface area contributed by atoms with Crippen molar-refractivity contribution in [2.75, 3.05) is 17.6 Å². The van der Waals surface area contributed by atoms with Gasteiger partial charge in [-0.3, -0.25) is 0 Å². The van der Waals surface area contributed by atoms with E-state index in [0.29, 0.717) is 10.8 Å². The lowest BCUT2D eigenvalue weighted by molar-refractivity contribution is -0.144. The molecule has 5 nitrogen and oxygen atoms in total. The van der Waals surface area contributed by atoms with Gasteiger partial charge in [0.1, 0.15) is 19.3 Å². The zero-order valence-electron chi connectivity index (χ0n) is 9.49. The van der Waals surface area contributed by atoms with E-state index in [2.05, 4.69) is 41.1 Å². The van der Waals surface area contributed by atoms with Gasteiger partial charge in [0.2, 0.25) is 0 Å². The molecule has 1 N–H and O–H groups in total. The minimum atomic E-state index is -0.691. The SMILES string of the molecule is C=CCOC(=O)NC(CCI)C(=O)OCC=C. The molecule has 1 unspecified atom stereocenters. The van der Waals surface area contributed by atoms with Crippen molar-refractivity contribution in [1.82, 2.24) is 5.32 Å². The Bertz CT molecular complexity index is 281. The first-order chi connectivity index (χ1) is 8.15. The van der Waals surface area contributed by atoms with Gasteiger partial charge in [-0.2, -0.15) is 0 Å². The third kappa shape index (κ3) is 7.78. The molecule has 0 bridgehead atoms. The molecule has 0 aromatic rings. The average Bonchev–Trinajstić information content (AvgIpc) is 2.32. The lowest BCUT2D eigenvalue weighted by atomic mass is 10.2. The predicted molar refractivity (Wildman–Crippen MR) is 73.1 cm³/mol. The van der Waals surface area contributed by atoms with E-state index in [0.717, 1.165) is 0 Å². The molecule has 1 amide bonds. The number of ether oxygens (including phenoxy) is 2. The smallest absolute Gasteiger partial charge is 0.408 e. The fourth-order valence-corrected chi connectivity index (χ4v) is 1.54. The van der Waals surface area contributed by atoms with Crippen LogP contribution in [0.2, 0.25) is 0 Å². The highest BCUT2D eigenvalue weighted by atomic mass is 127. The van der Waals surface area contributed by atoms with Gasteiger partial charge in [0.05, 0.1) is 0 Å². The molecule has 0 spiro atoms. The summed E-state index contributed by atoms with van der Waals surface area (Å²) in [4.78, 5) is 22.8. The third-order valence-electron chi connectivity index (χ3n) is 1.65. The van der Waals surface area contributed by atoms with E-state index in [1.165, 1.54) is 12.2 Å². The highest BCUT2D eigenvalue weighted by molar-refractivity contribution is 14.1. The molecule has 0 fully saturated rings. The maximum atomic E-state index is 11.5. The Balaban J connectivity index is 4.20. The topological polar surface area (TPSA) is 64.6 Å². The van der Waals surface area contributed by atoms with Gasteiger partial charge >= 0.3 is 12.1 Å². The molecule has 0 aliphatic rings. The van der Waals surface area contributed by atoms with Crippen LogP contribution in [0.15, 0.2) is 25.3 Å². The molecule has 0 aliphatic heterocycles. The molecule has 0 rings (SSSR count). The summed E-state index contributed by atoms with van der Waals surface area (Å²) in [5, 5.41) is 2.44. The van der Waals surface area contributed by atoms with Crippen molar-refractivity contribution in [1.29, 1.82) is 0 Å². The third-order valence-corrected chi connectivity index (χ3v) is 2.27. The monoisotopic (exact) mass is 353 g/mol. The van der Waals surface area contributed by atoms with E-state index in [9.17, 15) is 9.59 Å². The molecule has 96 valence electrons. The zero-order valence-corrected chi connectivity index (χ0v) is 11.6. The van der Waals surface area contributed by atoms with E-state index in [1.54, 1.807) is 0 Å². The van der Waals surface area contributed by atoms with Crippen LogP contribution in [0.4, 0.5) is 4.79 Å². The molecule has 0 saturated carbocycles. The first kappa shape index (κ1) is 16.0. The van der Waals surface area contributed by atoms with Gasteiger partial charge in [-0.05, 0) is 6.42 Å². The molecule has 0 heterocycles. The van der Waals surface area contributed by atoms with Crippen molar-refractivity contribution < 1.29 is 19.1 Å². The molecular weight excluding hydrogens is 337 g/mol. The molecule has 0 aromatic heterocycles. The lowest BCUT2D eigenvalue weighted by Crippen LogP contribution is -2.42. The Morgan fingerprint density at radius 2 is 1.82 bits per heavy atom. The van der Waals surface area contributed by atoms with Gasteiger partial charge < -0.3 is 14.8 Å². The average molecular weight is 353 g/mol. The van der Waals surface area contributed by atoms with Crippen molar-refractivity contribution in [2.24, 2.45) is 0 Å². The second-order valence-corrected chi connectivity index (χ2v) is 4.06. The minimum Gasteiger partial charge on any atom is -0.460 e. The largest absolute Gasteiger partial charge is 0.460 e. The van der Waals surface area contributed by atoms with E-state index in [-0.39, 0.29) is 13.2 Å². The Morgan fingerprint density at radius 1 is 1.24 bits per heavy atom. The number of rotatable bonds is 8. The van der Waals surface area contributed by atoms with E-state index in [1.807, 2.05) is 0 Å². The summed E-state index contributed by atoms with van der Waals surface area (Å²) in [5.74, 6) is -0.489. The number of alkyl carbamates (subject to hydrolysis) is 1. The van der Waals surface area contributed by atoms with Gasteiger partial charge in [0, 0.05) is 4.43 Å². The Labute approximate surface area is 114 Å². The van der Waals surface area contributed by atoms with Crippen molar-refractivity contribution in [2.45, 2.75) is 12.5 Å². The van der Waals surface area contributed by atoms with Crippen LogP contribution in [0.25, 0.3) is 0 Å². The maximum Gasteiger partial charge on any atom is 0.408 e. The number of esters is 1. The molecule has 1 atom stereocenters. The number of carbonyl (C=O) groups is 2. The summed E-state index contributed by atoms with van der Waals surface area (Å²) in [6, 6.07) is -0.691. The summed E-state index contributed by atoms with van der Waals surface area (Å²) in [7, 11) is 0. The number of hydrogen-bond donors (Lipinski definition) is 1. The van der Waals surface area contributed by atoms with Crippen LogP contribution in [-0.2, 0) is 14.3 Å². The van der Waals surface area contributed by atoms with Gasteiger partial charge in [0.15, 0.2) is 0 Å². The van der Waals surface area contributed by atoms with Crippen LogP contribution in [0, 0.1) is 0 Å². The Morgan fingerprint density at radius 3 is 2.35 bits per heavy atom. The Hall–Kier alpha value is -1.05. The fraction of sp³-hybridized carbons (Fsp3) is 0.455. The van der Waals surface area contributed by atoms with Crippen LogP contribution in [0.1, 0.15) is 6.42 Å². The summed E-state index contributed by atoms with van der Waals surface area (Å²) >= 11 is 2.11. The molecule has 0 saturated heterocycles. The van der Waals surface area contributed by atoms with Crippen LogP contribution < -0.4 is 5.32 Å². The molecular formula is C11H16INO4. The van der Waals surface area contributed by atoms with Crippen molar-refractivity contribution >= 4 is 34.7 Å². The molecule has 6 heteroatoms. The van der Waals surface area contributed by atoms with Crippen molar-refractivity contribution in [3.63, 3.8) is 0 Å². The van der Waals surface area contributed by atoms with Crippen LogP contribution in [-0.4, -0.2) is 35.7 Å². The lowest BCUT2D eigenvalue weighted by Gasteiger charge is -2.15. The minimum absolute atomic E-state index is 0.102. The highest BCUT2D eigenvalue weighted by Gasteiger charge is 2.21. The number of halogens is 1. The molecule has 0 aliphatic carbocycles. The highest BCUT2D eigenvalue weighted by Crippen LogP contribution is 2.00. The van der Waals surface area contributed by atoms with Crippen LogP contribution in [0.5, 0.6) is 0 Å². The first-order valence-corrected chi connectivity index (χ1v) is 6.56. The predicted octanol–water partition coefficient (Wildman–Crippen LogP) is 1.82. The quantitative estimate of drug-likeness (QED) is 0.313. The van der Waals surface area contributed by atoms with Crippen molar-refractivity contribution in [3.05, 3.63) is 25.3 Å². The molecule has 0 aromatic carbocycles. The summed E-state index contributed by atoms with van der Waals surface area (Å²) in [6.07, 6.45) is 2.74. The van der Waals surface area contributed by atoms with E-state index in [4.69, 9.17) is 9.47 Å². The maximum absolute atomic E-state index is 11.5. The number of amides is 1. The van der Waals surface area contributed by atoms with Crippen molar-refractivity contribution in [3.8, 4) is 0 Å². The Kier molecular flexibility index (Phi) is 9.50. The standard InChI is InChI=1S/C11H16INO4/c1-3-7-16-10(14)9(5-6-12)13-11(15)17-8-4-2/h3-4,9H,1-2,5-8H2,(H,13,15). The number of nitrogens with one attached hydrogen (secondary N) is 1. The van der Waals surface area contributed by atoms with Gasteiger partial charge in [-0.15, -0.1) is 0 Å². The van der Waals surface area contributed by atoms with E-state index >= 15 is 0 Å². The van der Waals surface area contributed by atoms with Crippen LogP contribution >= 0.6 is 22.6 Å². The van der Waals surface area contributed by atoms with Gasteiger partial charge in [0.25, 0.3) is 0 Å².